The first-order valence-electron chi connectivity index (χ1n) is 30.9. The Labute approximate surface area is 553 Å². The highest BCUT2D eigenvalue weighted by molar-refractivity contribution is 5.87. The van der Waals surface area contributed by atoms with Crippen molar-refractivity contribution in [2.75, 3.05) is 106 Å². The maximum atomic E-state index is 10.6. The third-order valence-electron chi connectivity index (χ3n) is 14.9. The Hall–Kier alpha value is -8.48. The lowest BCUT2D eigenvalue weighted by Crippen LogP contribution is -2.22. The Bertz CT molecular complexity index is 3490. The zero-order valence-corrected chi connectivity index (χ0v) is 52.4. The van der Waals surface area contributed by atoms with Gasteiger partial charge in [-0.2, -0.15) is 0 Å². The second-order valence-electron chi connectivity index (χ2n) is 22.5. The Balaban J connectivity index is 1.20. The third-order valence-corrected chi connectivity index (χ3v) is 14.9. The van der Waals surface area contributed by atoms with E-state index in [4.69, 9.17) is 37.9 Å². The lowest BCUT2D eigenvalue weighted by Gasteiger charge is -2.21. The number of hydrogen-bond acceptors (Lipinski definition) is 24. The number of aliphatic hydroxyl groups excluding tert-OH is 16. The minimum atomic E-state index is -1.32. The second kappa shape index (κ2) is 36.6. The van der Waals surface area contributed by atoms with Crippen molar-refractivity contribution in [1.82, 2.24) is 0 Å². The molecule has 8 atom stereocenters. The van der Waals surface area contributed by atoms with Crippen molar-refractivity contribution >= 4 is 0 Å². The van der Waals surface area contributed by atoms with E-state index in [1.54, 1.807) is 146 Å². The van der Waals surface area contributed by atoms with Crippen molar-refractivity contribution in [1.29, 1.82) is 0 Å². The van der Waals surface area contributed by atoms with E-state index in [9.17, 15) is 81.7 Å². The van der Waals surface area contributed by atoms with Crippen LogP contribution >= 0.6 is 0 Å². The molecule has 0 aliphatic heterocycles. The zero-order chi connectivity index (χ0) is 68.7. The highest BCUT2D eigenvalue weighted by Gasteiger charge is 2.24. The van der Waals surface area contributed by atoms with Crippen LogP contribution in [0.1, 0.15) is 0 Å². The fourth-order valence-electron chi connectivity index (χ4n) is 9.72. The largest absolute Gasteiger partial charge is 0.491 e. The van der Waals surface area contributed by atoms with Crippen LogP contribution in [0.5, 0.6) is 46.0 Å². The molecule has 24 nitrogen and oxygen atoms in total. The SMILES string of the molecule is OCC(O)COc1cccc(-c2ccc(-c3ccc(-c4ccc(-c5ccc(-c6ccc(-c7ccc(-c8cccc(OCC(O)CO)c8)cc7OCC(O)CO)c(OCC(O)CO)c6)cc5OCC(O)CO)c(OCC(O)CO)c4)cc3OCC(O)CO)c(OCC(O)CO)c2)c1. The van der Waals surface area contributed by atoms with Crippen LogP contribution < -0.4 is 37.9 Å². The van der Waals surface area contributed by atoms with Gasteiger partial charge in [-0.25, -0.2) is 0 Å². The summed E-state index contributed by atoms with van der Waals surface area (Å²) in [6, 6.07) is 45.3. The molecule has 0 saturated heterocycles. The molecule has 8 rings (SSSR count). The van der Waals surface area contributed by atoms with Crippen LogP contribution in [-0.2, 0) is 0 Å². The lowest BCUT2D eigenvalue weighted by atomic mass is 9.93. The Morgan fingerprint density at radius 3 is 0.542 bits per heavy atom. The van der Waals surface area contributed by atoms with E-state index in [-0.39, 0.29) is 87.4 Å². The Morgan fingerprint density at radius 2 is 0.365 bits per heavy atom. The van der Waals surface area contributed by atoms with Gasteiger partial charge in [-0.1, -0.05) is 60.7 Å². The topological polar surface area (TPSA) is 398 Å². The van der Waals surface area contributed by atoms with Gasteiger partial charge in [0.25, 0.3) is 0 Å². The van der Waals surface area contributed by atoms with Gasteiger partial charge in [0, 0.05) is 33.4 Å². The van der Waals surface area contributed by atoms with Crippen molar-refractivity contribution in [2.24, 2.45) is 0 Å². The van der Waals surface area contributed by atoms with E-state index in [0.717, 1.165) is 0 Å². The molecule has 514 valence electrons. The van der Waals surface area contributed by atoms with Gasteiger partial charge in [0.15, 0.2) is 0 Å². The first-order valence-corrected chi connectivity index (χ1v) is 30.9. The molecule has 96 heavy (non-hydrogen) atoms. The Morgan fingerprint density at radius 1 is 0.198 bits per heavy atom. The average molecular weight is 1330 g/mol. The van der Waals surface area contributed by atoms with Crippen LogP contribution in [0.2, 0.25) is 0 Å². The standard InChI is InChI=1S/C72H82O24/c73-27-51(81)35-89-59-5-1-3-43(19-59)45-7-13-61(67(21-45)91-37-53(83)29-75)63-15-9-47(23-69(63)93-39-55(85)31-77)49-11-17-65(71(25-49)95-41-57(87)33-79)66-18-12-50(26-72(66)96-42-58(88)34-80)48-10-16-64(70(24-48)94-40-56(86)32-78)62-14-8-46(22-68(62)92-38-54(84)30-76)44-4-2-6-60(20-44)90-36-52(82)28-74/h1-26,51-58,73-88H,27-42H2. The average Bonchev–Trinajstić information content (AvgIpc) is 0.794. The van der Waals surface area contributed by atoms with Gasteiger partial charge in [0.2, 0.25) is 0 Å². The lowest BCUT2D eigenvalue weighted by molar-refractivity contribution is 0.0532. The zero-order valence-electron chi connectivity index (χ0n) is 52.4. The van der Waals surface area contributed by atoms with E-state index in [2.05, 4.69) is 0 Å². The quantitative estimate of drug-likeness (QED) is 0.0263. The molecule has 0 saturated carbocycles. The maximum Gasteiger partial charge on any atom is 0.128 e. The monoisotopic (exact) mass is 1330 g/mol. The summed E-state index contributed by atoms with van der Waals surface area (Å²) < 4.78 is 48.7. The van der Waals surface area contributed by atoms with Gasteiger partial charge in [0.1, 0.15) is 148 Å². The van der Waals surface area contributed by atoms with Crippen molar-refractivity contribution < 1.29 is 120 Å². The molecular weight excluding hydrogens is 1250 g/mol. The van der Waals surface area contributed by atoms with Crippen molar-refractivity contribution in [3.8, 4) is 124 Å². The fourth-order valence-corrected chi connectivity index (χ4v) is 9.72. The summed E-state index contributed by atoms with van der Waals surface area (Å²) in [5.74, 6) is 2.16. The molecule has 0 heterocycles. The van der Waals surface area contributed by atoms with Crippen LogP contribution in [0.15, 0.2) is 158 Å². The first-order chi connectivity index (χ1) is 46.5. The molecule has 0 aliphatic rings. The van der Waals surface area contributed by atoms with Crippen molar-refractivity contribution in [2.45, 2.75) is 48.8 Å². The smallest absolute Gasteiger partial charge is 0.128 e. The molecule has 0 aliphatic carbocycles. The predicted octanol–water partition coefficient (Wildman–Crippen LogP) is 3.21. The normalized spacial score (nSPS) is 14.0. The highest BCUT2D eigenvalue weighted by atomic mass is 16.5. The summed E-state index contributed by atoms with van der Waals surface area (Å²) in [5, 5.41) is 161. The first kappa shape index (κ1) is 73.3. The summed E-state index contributed by atoms with van der Waals surface area (Å²) in [6.45, 7) is -7.01. The molecule has 8 aromatic carbocycles. The van der Waals surface area contributed by atoms with E-state index < -0.39 is 102 Å². The summed E-state index contributed by atoms with van der Waals surface area (Å²) in [7, 11) is 0. The van der Waals surface area contributed by atoms with Crippen LogP contribution in [-0.4, -0.2) is 236 Å². The van der Waals surface area contributed by atoms with Gasteiger partial charge in [-0.3, -0.25) is 0 Å². The van der Waals surface area contributed by atoms with Crippen LogP contribution in [0.4, 0.5) is 0 Å². The molecular formula is C72H82O24. The molecule has 0 spiro atoms. The summed E-state index contributed by atoms with van der Waals surface area (Å²) in [4.78, 5) is 0. The molecule has 0 radical (unpaired) electrons. The van der Waals surface area contributed by atoms with E-state index in [0.29, 0.717) is 89.4 Å². The van der Waals surface area contributed by atoms with Gasteiger partial charge in [-0.15, -0.1) is 0 Å². The van der Waals surface area contributed by atoms with Crippen LogP contribution in [0.3, 0.4) is 0 Å². The molecule has 16 N–H and O–H groups in total. The number of aliphatic hydroxyl groups is 16. The molecule has 0 fully saturated rings. The second-order valence-corrected chi connectivity index (χ2v) is 22.5. The molecule has 8 aromatic rings. The molecule has 0 amide bonds. The van der Waals surface area contributed by atoms with Gasteiger partial charge in [-0.05, 0) is 142 Å². The van der Waals surface area contributed by atoms with Gasteiger partial charge >= 0.3 is 0 Å². The maximum absolute atomic E-state index is 10.6. The minimum absolute atomic E-state index is 0.151. The highest BCUT2D eigenvalue weighted by Crippen LogP contribution is 2.47. The number of ether oxygens (including phenoxy) is 8. The minimum Gasteiger partial charge on any atom is -0.491 e. The van der Waals surface area contributed by atoms with Gasteiger partial charge in [0.05, 0.1) is 52.9 Å². The summed E-state index contributed by atoms with van der Waals surface area (Å²) in [5.41, 5.74) is 7.49. The molecule has 24 heteroatoms. The summed E-state index contributed by atoms with van der Waals surface area (Å²) >= 11 is 0. The summed E-state index contributed by atoms with van der Waals surface area (Å²) in [6.07, 6.45) is -9.89. The number of rotatable bonds is 39. The van der Waals surface area contributed by atoms with Crippen LogP contribution in [0, 0.1) is 0 Å². The predicted molar refractivity (Wildman–Crippen MR) is 353 cm³/mol. The van der Waals surface area contributed by atoms with Gasteiger partial charge < -0.3 is 120 Å². The third kappa shape index (κ3) is 20.3. The van der Waals surface area contributed by atoms with E-state index in [1.807, 2.05) is 12.1 Å². The molecule has 8 unspecified atom stereocenters. The fraction of sp³-hybridized carbons (Fsp3) is 0.333. The molecule has 0 aromatic heterocycles. The number of hydrogen-bond donors (Lipinski definition) is 16. The van der Waals surface area contributed by atoms with E-state index >= 15 is 0 Å². The van der Waals surface area contributed by atoms with Crippen molar-refractivity contribution in [3.05, 3.63) is 158 Å². The number of benzene rings is 8. The molecule has 0 bridgehead atoms. The van der Waals surface area contributed by atoms with Crippen LogP contribution in [0.25, 0.3) is 77.9 Å². The van der Waals surface area contributed by atoms with Crippen molar-refractivity contribution in [3.63, 3.8) is 0 Å². The Kier molecular flexibility index (Phi) is 27.9. The van der Waals surface area contributed by atoms with E-state index in [1.165, 1.54) is 0 Å².